The summed E-state index contributed by atoms with van der Waals surface area (Å²) in [5, 5.41) is 5.22. The Morgan fingerprint density at radius 2 is 2.23 bits per heavy atom. The summed E-state index contributed by atoms with van der Waals surface area (Å²) in [7, 11) is 0. The highest BCUT2D eigenvalue weighted by molar-refractivity contribution is 6.14. The summed E-state index contributed by atoms with van der Waals surface area (Å²) >= 11 is 0. The number of rotatable bonds is 3. The summed E-state index contributed by atoms with van der Waals surface area (Å²) < 4.78 is 10.9. The van der Waals surface area contributed by atoms with Crippen LogP contribution in [0.2, 0.25) is 0 Å². The highest BCUT2D eigenvalue weighted by Gasteiger charge is 2.47. The van der Waals surface area contributed by atoms with Gasteiger partial charge in [-0.05, 0) is 38.1 Å². The van der Waals surface area contributed by atoms with Crippen LogP contribution in [0.5, 0.6) is 5.75 Å². The molecule has 7 heteroatoms. The Balaban J connectivity index is 1.75. The van der Waals surface area contributed by atoms with E-state index in [0.29, 0.717) is 17.3 Å². The lowest BCUT2D eigenvalue weighted by Crippen LogP contribution is -2.58. The standard InChI is InChI=1S/C15H15N3O4/c1-9-5-6-10(21-9)8-17-13(19)15(2)14(20)18-12-11(22-15)4-3-7-16-12/h3-7H,8H2,1-2H3,(H,17,19)(H,16,18,20). The van der Waals surface area contributed by atoms with Crippen LogP contribution in [-0.2, 0) is 16.1 Å². The Morgan fingerprint density at radius 3 is 2.95 bits per heavy atom. The third kappa shape index (κ3) is 2.41. The average Bonchev–Trinajstić information content (AvgIpc) is 2.91. The van der Waals surface area contributed by atoms with Gasteiger partial charge in [-0.25, -0.2) is 4.98 Å². The summed E-state index contributed by atoms with van der Waals surface area (Å²) in [5.74, 6) is 0.906. The van der Waals surface area contributed by atoms with Crippen molar-refractivity contribution in [2.75, 3.05) is 5.32 Å². The number of carbonyl (C=O) groups excluding carboxylic acids is 2. The molecular weight excluding hydrogens is 286 g/mol. The van der Waals surface area contributed by atoms with Crippen molar-refractivity contribution in [1.29, 1.82) is 0 Å². The average molecular weight is 301 g/mol. The molecule has 0 aromatic carbocycles. The first-order chi connectivity index (χ1) is 10.5. The van der Waals surface area contributed by atoms with Gasteiger partial charge in [-0.1, -0.05) is 0 Å². The van der Waals surface area contributed by atoms with Crippen LogP contribution in [0.4, 0.5) is 5.82 Å². The van der Waals surface area contributed by atoms with E-state index < -0.39 is 17.4 Å². The van der Waals surface area contributed by atoms with Gasteiger partial charge in [-0.15, -0.1) is 0 Å². The van der Waals surface area contributed by atoms with Gasteiger partial charge in [-0.2, -0.15) is 0 Å². The number of ether oxygens (including phenoxy) is 1. The van der Waals surface area contributed by atoms with Crippen molar-refractivity contribution in [3.63, 3.8) is 0 Å². The molecule has 0 fully saturated rings. The molecule has 0 radical (unpaired) electrons. The second-order valence-electron chi connectivity index (χ2n) is 5.13. The molecule has 3 rings (SSSR count). The monoisotopic (exact) mass is 301 g/mol. The van der Waals surface area contributed by atoms with Gasteiger partial charge in [0.25, 0.3) is 17.4 Å². The number of furan rings is 1. The fourth-order valence-electron chi connectivity index (χ4n) is 2.13. The molecule has 2 amide bonds. The molecule has 1 atom stereocenters. The second kappa shape index (κ2) is 5.18. The minimum atomic E-state index is -1.66. The zero-order valence-electron chi connectivity index (χ0n) is 12.2. The van der Waals surface area contributed by atoms with E-state index in [1.807, 2.05) is 6.92 Å². The fourth-order valence-corrected chi connectivity index (χ4v) is 2.13. The van der Waals surface area contributed by atoms with Crippen molar-refractivity contribution in [3.05, 3.63) is 42.0 Å². The highest BCUT2D eigenvalue weighted by Crippen LogP contribution is 2.31. The van der Waals surface area contributed by atoms with Gasteiger partial charge in [-0.3, -0.25) is 9.59 Å². The second-order valence-corrected chi connectivity index (χ2v) is 5.13. The van der Waals surface area contributed by atoms with Crippen LogP contribution in [-0.4, -0.2) is 22.4 Å². The van der Waals surface area contributed by atoms with Crippen molar-refractivity contribution in [1.82, 2.24) is 10.3 Å². The molecule has 3 heterocycles. The van der Waals surface area contributed by atoms with Crippen LogP contribution in [0.25, 0.3) is 0 Å². The first kappa shape index (κ1) is 14.1. The Labute approximate surface area is 126 Å². The van der Waals surface area contributed by atoms with E-state index in [4.69, 9.17) is 9.15 Å². The lowest BCUT2D eigenvalue weighted by molar-refractivity contribution is -0.146. The molecule has 22 heavy (non-hydrogen) atoms. The molecule has 2 aromatic heterocycles. The first-order valence-electron chi connectivity index (χ1n) is 6.78. The largest absolute Gasteiger partial charge is 0.465 e. The number of aryl methyl sites for hydroxylation is 1. The Hall–Kier alpha value is -2.83. The van der Waals surface area contributed by atoms with E-state index >= 15 is 0 Å². The molecule has 7 nitrogen and oxygen atoms in total. The van der Waals surface area contributed by atoms with Gasteiger partial charge in [0.15, 0.2) is 11.6 Å². The molecular formula is C15H15N3O4. The van der Waals surface area contributed by atoms with E-state index in [-0.39, 0.29) is 6.54 Å². The minimum absolute atomic E-state index is 0.179. The fraction of sp³-hybridized carbons (Fsp3) is 0.267. The Morgan fingerprint density at radius 1 is 1.41 bits per heavy atom. The number of amides is 2. The summed E-state index contributed by atoms with van der Waals surface area (Å²) in [4.78, 5) is 28.5. The lowest BCUT2D eigenvalue weighted by atomic mass is 10.0. The van der Waals surface area contributed by atoms with E-state index in [2.05, 4.69) is 15.6 Å². The van der Waals surface area contributed by atoms with Gasteiger partial charge < -0.3 is 19.8 Å². The van der Waals surface area contributed by atoms with Gasteiger partial charge in [0, 0.05) is 6.20 Å². The van der Waals surface area contributed by atoms with Crippen LogP contribution in [0.3, 0.4) is 0 Å². The molecule has 0 saturated heterocycles. The molecule has 1 aliphatic heterocycles. The van der Waals surface area contributed by atoms with Crippen molar-refractivity contribution < 1.29 is 18.7 Å². The van der Waals surface area contributed by atoms with E-state index in [1.54, 1.807) is 24.3 Å². The van der Waals surface area contributed by atoms with E-state index in [0.717, 1.165) is 5.76 Å². The maximum absolute atomic E-state index is 12.4. The molecule has 0 bridgehead atoms. The minimum Gasteiger partial charge on any atom is -0.465 e. The van der Waals surface area contributed by atoms with Crippen LogP contribution >= 0.6 is 0 Å². The van der Waals surface area contributed by atoms with Gasteiger partial charge >= 0.3 is 0 Å². The molecule has 0 saturated carbocycles. The Kier molecular flexibility index (Phi) is 3.32. The number of carbonyl (C=O) groups is 2. The molecule has 1 unspecified atom stereocenters. The molecule has 0 spiro atoms. The zero-order chi connectivity index (χ0) is 15.7. The highest BCUT2D eigenvalue weighted by atomic mass is 16.5. The molecule has 0 aliphatic carbocycles. The molecule has 114 valence electrons. The summed E-state index contributed by atoms with van der Waals surface area (Å²) in [6.45, 7) is 3.41. The molecule has 2 N–H and O–H groups in total. The number of anilines is 1. The normalized spacial score (nSPS) is 19.8. The topological polar surface area (TPSA) is 93.5 Å². The third-order valence-electron chi connectivity index (χ3n) is 3.40. The SMILES string of the molecule is Cc1ccc(CNC(=O)C2(C)Oc3cccnc3NC2=O)o1. The van der Waals surface area contributed by atoms with E-state index in [9.17, 15) is 9.59 Å². The first-order valence-corrected chi connectivity index (χ1v) is 6.78. The van der Waals surface area contributed by atoms with E-state index in [1.165, 1.54) is 13.1 Å². The van der Waals surface area contributed by atoms with Crippen molar-refractivity contribution in [3.8, 4) is 5.75 Å². The van der Waals surface area contributed by atoms with Crippen molar-refractivity contribution >= 4 is 17.6 Å². The van der Waals surface area contributed by atoms with Crippen molar-refractivity contribution in [2.24, 2.45) is 0 Å². The Bertz CT molecular complexity index is 740. The van der Waals surface area contributed by atoms with Gasteiger partial charge in [0.1, 0.15) is 11.5 Å². The van der Waals surface area contributed by atoms with Crippen LogP contribution in [0.1, 0.15) is 18.4 Å². The number of aromatic nitrogens is 1. The maximum atomic E-state index is 12.4. The summed E-state index contributed by atoms with van der Waals surface area (Å²) in [6.07, 6.45) is 1.53. The number of pyridine rings is 1. The molecule has 2 aromatic rings. The third-order valence-corrected chi connectivity index (χ3v) is 3.40. The number of hydrogen-bond acceptors (Lipinski definition) is 5. The van der Waals surface area contributed by atoms with Gasteiger partial charge in [0.2, 0.25) is 0 Å². The number of nitrogens with zero attached hydrogens (tertiary/aromatic N) is 1. The number of nitrogens with one attached hydrogen (secondary N) is 2. The van der Waals surface area contributed by atoms with Crippen LogP contribution < -0.4 is 15.4 Å². The zero-order valence-corrected chi connectivity index (χ0v) is 12.2. The predicted molar refractivity (Wildman–Crippen MR) is 77.2 cm³/mol. The predicted octanol–water partition coefficient (Wildman–Crippen LogP) is 1.39. The quantitative estimate of drug-likeness (QED) is 0.836. The van der Waals surface area contributed by atoms with Crippen LogP contribution in [0.15, 0.2) is 34.9 Å². The summed E-state index contributed by atoms with van der Waals surface area (Å²) in [6, 6.07) is 6.87. The number of hydrogen-bond donors (Lipinski definition) is 2. The number of fused-ring (bicyclic) bond motifs is 1. The van der Waals surface area contributed by atoms with Crippen molar-refractivity contribution in [2.45, 2.75) is 26.0 Å². The van der Waals surface area contributed by atoms with Crippen LogP contribution in [0, 0.1) is 6.92 Å². The maximum Gasteiger partial charge on any atom is 0.279 e. The van der Waals surface area contributed by atoms with Gasteiger partial charge in [0.05, 0.1) is 6.54 Å². The molecule has 1 aliphatic rings. The smallest absolute Gasteiger partial charge is 0.279 e. The summed E-state index contributed by atoms with van der Waals surface area (Å²) in [5.41, 5.74) is -1.66. The lowest BCUT2D eigenvalue weighted by Gasteiger charge is -2.32.